The van der Waals surface area contributed by atoms with Gasteiger partial charge < -0.3 is 5.73 Å². The standard InChI is InChI=1S/C10H6F4N2.C3H8/c11-6-3-1-2-5-7(15)4-8(10(12,13)14)16-9(5)6;1-3-2/h1-4H,(H2,15,16);3H2,1-2H3. The molecule has 0 amide bonds. The first kappa shape index (κ1) is 15.2. The lowest BCUT2D eigenvalue weighted by atomic mass is 10.1. The highest BCUT2D eigenvalue weighted by Gasteiger charge is 2.33. The number of nitrogens with zero attached hydrogens (tertiary/aromatic N) is 1. The van der Waals surface area contributed by atoms with Gasteiger partial charge in [-0.25, -0.2) is 9.37 Å². The maximum Gasteiger partial charge on any atom is 0.433 e. The molecule has 0 unspecified atom stereocenters. The molecule has 0 aliphatic carbocycles. The Morgan fingerprint density at radius 3 is 2.32 bits per heavy atom. The number of benzene rings is 1. The Kier molecular flexibility index (Phi) is 4.69. The van der Waals surface area contributed by atoms with E-state index in [1.54, 1.807) is 0 Å². The van der Waals surface area contributed by atoms with Crippen LogP contribution in [0.4, 0.5) is 23.2 Å². The zero-order valence-electron chi connectivity index (χ0n) is 10.6. The molecule has 0 atom stereocenters. The summed E-state index contributed by atoms with van der Waals surface area (Å²) >= 11 is 0. The third-order valence-corrected chi connectivity index (χ3v) is 2.11. The molecular weight excluding hydrogens is 260 g/mol. The van der Waals surface area contributed by atoms with Crippen molar-refractivity contribution in [3.05, 3.63) is 35.8 Å². The lowest BCUT2D eigenvalue weighted by Crippen LogP contribution is -2.09. The smallest absolute Gasteiger partial charge is 0.398 e. The number of hydrogen-bond acceptors (Lipinski definition) is 2. The van der Waals surface area contributed by atoms with Crippen LogP contribution in [0.1, 0.15) is 26.0 Å². The first-order chi connectivity index (χ1) is 8.81. The molecule has 1 aromatic carbocycles. The number of nitrogen functional groups attached to an aromatic ring is 1. The Morgan fingerprint density at radius 2 is 1.79 bits per heavy atom. The van der Waals surface area contributed by atoms with Crippen LogP contribution in [0.2, 0.25) is 0 Å². The third-order valence-electron chi connectivity index (χ3n) is 2.11. The summed E-state index contributed by atoms with van der Waals surface area (Å²) in [7, 11) is 0. The predicted molar refractivity (Wildman–Crippen MR) is 67.1 cm³/mol. The SMILES string of the molecule is CCC.Nc1cc(C(F)(F)F)nc2c(F)cccc12. The van der Waals surface area contributed by atoms with Gasteiger partial charge in [0.25, 0.3) is 0 Å². The van der Waals surface area contributed by atoms with Crippen molar-refractivity contribution in [2.75, 3.05) is 5.73 Å². The summed E-state index contributed by atoms with van der Waals surface area (Å²) < 4.78 is 50.4. The van der Waals surface area contributed by atoms with Crippen molar-refractivity contribution in [2.24, 2.45) is 0 Å². The monoisotopic (exact) mass is 274 g/mol. The normalized spacial score (nSPS) is 11.1. The molecule has 1 heterocycles. The summed E-state index contributed by atoms with van der Waals surface area (Å²) in [6.07, 6.45) is -3.38. The van der Waals surface area contributed by atoms with Gasteiger partial charge in [0.15, 0.2) is 0 Å². The van der Waals surface area contributed by atoms with Crippen LogP contribution in [0.5, 0.6) is 0 Å². The molecule has 1 aromatic heterocycles. The van der Waals surface area contributed by atoms with Crippen LogP contribution in [0.15, 0.2) is 24.3 Å². The fourth-order valence-corrected chi connectivity index (χ4v) is 1.38. The van der Waals surface area contributed by atoms with Crippen LogP contribution in [0.25, 0.3) is 10.9 Å². The number of anilines is 1. The number of para-hydroxylation sites is 1. The summed E-state index contributed by atoms with van der Waals surface area (Å²) in [5.41, 5.74) is 3.72. The van der Waals surface area contributed by atoms with Crippen LogP contribution >= 0.6 is 0 Å². The molecule has 0 aliphatic heterocycles. The van der Waals surface area contributed by atoms with Crippen LogP contribution in [0, 0.1) is 5.82 Å². The van der Waals surface area contributed by atoms with Gasteiger partial charge in [0, 0.05) is 11.1 Å². The van der Waals surface area contributed by atoms with Crippen LogP contribution in [0.3, 0.4) is 0 Å². The predicted octanol–water partition coefficient (Wildman–Crippen LogP) is 4.39. The molecule has 2 nitrogen and oxygen atoms in total. The second kappa shape index (κ2) is 5.86. The van der Waals surface area contributed by atoms with Gasteiger partial charge in [0.1, 0.15) is 17.0 Å². The van der Waals surface area contributed by atoms with Gasteiger partial charge in [-0.3, -0.25) is 0 Å². The first-order valence-electron chi connectivity index (χ1n) is 5.73. The van der Waals surface area contributed by atoms with Gasteiger partial charge >= 0.3 is 6.18 Å². The average Bonchev–Trinajstić information content (AvgIpc) is 2.30. The largest absolute Gasteiger partial charge is 0.433 e. The minimum Gasteiger partial charge on any atom is -0.398 e. The highest BCUT2D eigenvalue weighted by Crippen LogP contribution is 2.32. The number of fused-ring (bicyclic) bond motifs is 1. The lowest BCUT2D eigenvalue weighted by Gasteiger charge is -2.09. The van der Waals surface area contributed by atoms with Gasteiger partial charge in [-0.2, -0.15) is 13.2 Å². The molecule has 0 bridgehead atoms. The Balaban J connectivity index is 0.000000550. The first-order valence-corrected chi connectivity index (χ1v) is 5.73. The topological polar surface area (TPSA) is 38.9 Å². The molecule has 2 rings (SSSR count). The van der Waals surface area contributed by atoms with E-state index < -0.39 is 17.7 Å². The van der Waals surface area contributed by atoms with Crippen molar-refractivity contribution in [2.45, 2.75) is 26.4 Å². The number of aromatic nitrogens is 1. The Bertz CT molecular complexity index is 564. The summed E-state index contributed by atoms with van der Waals surface area (Å²) in [5, 5.41) is 0.174. The Labute approximate surface area is 108 Å². The fraction of sp³-hybridized carbons (Fsp3) is 0.308. The number of nitrogens with two attached hydrogens (primary N) is 1. The summed E-state index contributed by atoms with van der Waals surface area (Å²) in [5.74, 6) is -0.824. The van der Waals surface area contributed by atoms with Gasteiger partial charge in [0.2, 0.25) is 0 Å². The van der Waals surface area contributed by atoms with E-state index >= 15 is 0 Å². The van der Waals surface area contributed by atoms with E-state index in [1.807, 2.05) is 0 Å². The van der Waals surface area contributed by atoms with Gasteiger partial charge in [-0.15, -0.1) is 0 Å². The van der Waals surface area contributed by atoms with Crippen molar-refractivity contribution in [3.63, 3.8) is 0 Å². The maximum atomic E-state index is 13.2. The minimum atomic E-state index is -4.63. The molecule has 0 radical (unpaired) electrons. The van der Waals surface area contributed by atoms with Gasteiger partial charge in [-0.1, -0.05) is 32.4 Å². The molecule has 0 saturated carbocycles. The van der Waals surface area contributed by atoms with Gasteiger partial charge in [0.05, 0.1) is 0 Å². The lowest BCUT2D eigenvalue weighted by molar-refractivity contribution is -0.140. The molecule has 19 heavy (non-hydrogen) atoms. The number of halogens is 4. The number of alkyl halides is 3. The number of hydrogen-bond donors (Lipinski definition) is 1. The molecule has 104 valence electrons. The molecule has 6 heteroatoms. The summed E-state index contributed by atoms with van der Waals surface area (Å²) in [6.45, 7) is 4.25. The second-order valence-corrected chi connectivity index (χ2v) is 3.94. The molecule has 2 N–H and O–H groups in total. The molecule has 0 fully saturated rings. The highest BCUT2D eigenvalue weighted by atomic mass is 19.4. The molecule has 0 saturated heterocycles. The van der Waals surface area contributed by atoms with Crippen molar-refractivity contribution in [1.29, 1.82) is 0 Å². The van der Waals surface area contributed by atoms with E-state index in [4.69, 9.17) is 5.73 Å². The Morgan fingerprint density at radius 1 is 1.21 bits per heavy atom. The van der Waals surface area contributed by atoms with E-state index in [0.29, 0.717) is 6.07 Å². The molecule has 2 aromatic rings. The van der Waals surface area contributed by atoms with Crippen molar-refractivity contribution < 1.29 is 17.6 Å². The maximum absolute atomic E-state index is 13.2. The van der Waals surface area contributed by atoms with Crippen molar-refractivity contribution >= 4 is 16.6 Å². The van der Waals surface area contributed by atoms with Gasteiger partial charge in [-0.05, 0) is 12.1 Å². The third kappa shape index (κ3) is 3.56. The summed E-state index contributed by atoms with van der Waals surface area (Å²) in [6, 6.07) is 4.51. The van der Waals surface area contributed by atoms with E-state index in [9.17, 15) is 17.6 Å². The second-order valence-electron chi connectivity index (χ2n) is 3.94. The van der Waals surface area contributed by atoms with Crippen molar-refractivity contribution in [3.8, 4) is 0 Å². The van der Waals surface area contributed by atoms with E-state index in [0.717, 1.165) is 6.07 Å². The zero-order valence-corrected chi connectivity index (χ0v) is 10.6. The van der Waals surface area contributed by atoms with E-state index in [-0.39, 0.29) is 16.6 Å². The quantitative estimate of drug-likeness (QED) is 0.723. The van der Waals surface area contributed by atoms with E-state index in [2.05, 4.69) is 18.8 Å². The number of pyridine rings is 1. The molecule has 0 aliphatic rings. The van der Waals surface area contributed by atoms with Crippen LogP contribution in [-0.4, -0.2) is 4.98 Å². The minimum absolute atomic E-state index is 0.142. The highest BCUT2D eigenvalue weighted by molar-refractivity contribution is 5.90. The molecular formula is C13H14F4N2. The number of rotatable bonds is 0. The van der Waals surface area contributed by atoms with Crippen LogP contribution in [-0.2, 0) is 6.18 Å². The van der Waals surface area contributed by atoms with E-state index in [1.165, 1.54) is 18.6 Å². The van der Waals surface area contributed by atoms with Crippen molar-refractivity contribution in [1.82, 2.24) is 4.98 Å². The fourth-order valence-electron chi connectivity index (χ4n) is 1.38. The molecule has 0 spiro atoms. The average molecular weight is 274 g/mol. The van der Waals surface area contributed by atoms with Crippen LogP contribution < -0.4 is 5.73 Å². The summed E-state index contributed by atoms with van der Waals surface area (Å²) in [4.78, 5) is 3.23. The Hall–Kier alpha value is -1.85. The zero-order chi connectivity index (χ0) is 14.6.